The Morgan fingerprint density at radius 1 is 1.12 bits per heavy atom. The molecule has 0 saturated carbocycles. The minimum Gasteiger partial charge on any atom is -0.269 e. The molecule has 1 aromatic heterocycles. The Bertz CT molecular complexity index is 689. The molecule has 0 aliphatic heterocycles. The van der Waals surface area contributed by atoms with E-state index in [0.29, 0.717) is 0 Å². The van der Waals surface area contributed by atoms with Gasteiger partial charge in [-0.25, -0.2) is 13.6 Å². The third-order valence-corrected chi connectivity index (χ3v) is 2.36. The van der Waals surface area contributed by atoms with Gasteiger partial charge in [-0.15, -0.1) is 0 Å². The largest absolute Gasteiger partial charge is 0.335 e. The molecule has 0 unspecified atom stereocenters. The predicted molar refractivity (Wildman–Crippen MR) is 57.2 cm³/mol. The fraction of sp³-hybridized carbons (Fsp3) is 0.0909. The summed E-state index contributed by atoms with van der Waals surface area (Å²) in [6, 6.07) is 3.86. The van der Waals surface area contributed by atoms with E-state index in [1.54, 1.807) is 0 Å². The van der Waals surface area contributed by atoms with Crippen molar-refractivity contribution in [3.63, 3.8) is 0 Å². The van der Waals surface area contributed by atoms with Crippen molar-refractivity contribution in [3.8, 4) is 5.69 Å². The van der Waals surface area contributed by atoms with Crippen molar-refractivity contribution < 1.29 is 8.78 Å². The lowest BCUT2D eigenvalue weighted by Gasteiger charge is -2.07. The monoisotopic (exact) mass is 238 g/mol. The number of aromatic nitrogens is 2. The van der Waals surface area contributed by atoms with Gasteiger partial charge in [0.2, 0.25) is 0 Å². The topological polar surface area (TPSA) is 44.0 Å². The van der Waals surface area contributed by atoms with Crippen LogP contribution in [0.5, 0.6) is 0 Å². The Hall–Kier alpha value is -2.24. The second-order valence-corrected chi connectivity index (χ2v) is 3.46. The van der Waals surface area contributed by atoms with Gasteiger partial charge >= 0.3 is 5.69 Å². The van der Waals surface area contributed by atoms with Gasteiger partial charge in [-0.1, -0.05) is 0 Å². The zero-order valence-electron chi connectivity index (χ0n) is 8.85. The highest BCUT2D eigenvalue weighted by Crippen LogP contribution is 2.12. The zero-order valence-corrected chi connectivity index (χ0v) is 8.85. The van der Waals surface area contributed by atoms with Crippen LogP contribution in [0.3, 0.4) is 0 Å². The minimum absolute atomic E-state index is 0.231. The molecule has 0 bridgehead atoms. The zero-order chi connectivity index (χ0) is 12.6. The van der Waals surface area contributed by atoms with Crippen LogP contribution in [0.25, 0.3) is 5.69 Å². The molecular formula is C11H8F2N2O2. The van der Waals surface area contributed by atoms with E-state index in [1.165, 1.54) is 7.05 Å². The Morgan fingerprint density at radius 2 is 1.82 bits per heavy atom. The SMILES string of the molecule is Cn1c(=O)ccn(-c2cc(F)ccc2F)c1=O. The molecule has 1 heterocycles. The lowest BCUT2D eigenvalue weighted by Crippen LogP contribution is -2.36. The first-order chi connectivity index (χ1) is 8.00. The summed E-state index contributed by atoms with van der Waals surface area (Å²) in [7, 11) is 1.26. The Kier molecular flexibility index (Phi) is 2.63. The molecule has 0 fully saturated rings. The molecular weight excluding hydrogens is 230 g/mol. The highest BCUT2D eigenvalue weighted by molar-refractivity contribution is 5.33. The lowest BCUT2D eigenvalue weighted by atomic mass is 10.3. The average molecular weight is 238 g/mol. The lowest BCUT2D eigenvalue weighted by molar-refractivity contribution is 0.585. The molecule has 4 nitrogen and oxygen atoms in total. The Morgan fingerprint density at radius 3 is 2.53 bits per heavy atom. The van der Waals surface area contributed by atoms with E-state index in [4.69, 9.17) is 0 Å². The quantitative estimate of drug-likeness (QED) is 0.738. The fourth-order valence-corrected chi connectivity index (χ4v) is 1.42. The smallest absolute Gasteiger partial charge is 0.269 e. The van der Waals surface area contributed by atoms with Gasteiger partial charge in [0, 0.05) is 25.4 Å². The van der Waals surface area contributed by atoms with Gasteiger partial charge in [0.05, 0.1) is 5.69 Å². The molecule has 0 N–H and O–H groups in total. The first-order valence-corrected chi connectivity index (χ1v) is 4.75. The van der Waals surface area contributed by atoms with Crippen molar-refractivity contribution in [1.82, 2.24) is 9.13 Å². The summed E-state index contributed by atoms with van der Waals surface area (Å²) in [5, 5.41) is 0. The van der Waals surface area contributed by atoms with Crippen molar-refractivity contribution >= 4 is 0 Å². The molecule has 0 saturated heterocycles. The maximum absolute atomic E-state index is 13.5. The normalized spacial score (nSPS) is 10.5. The standard InChI is InChI=1S/C11H8F2N2O2/c1-14-10(16)4-5-15(11(14)17)9-6-7(12)2-3-8(9)13/h2-6H,1H3. The van der Waals surface area contributed by atoms with Gasteiger partial charge in [-0.3, -0.25) is 13.9 Å². The van der Waals surface area contributed by atoms with Crippen LogP contribution in [0.1, 0.15) is 0 Å². The first kappa shape index (κ1) is 11.3. The van der Waals surface area contributed by atoms with Gasteiger partial charge in [0.1, 0.15) is 11.6 Å². The summed E-state index contributed by atoms with van der Waals surface area (Å²) in [5.74, 6) is -1.41. The van der Waals surface area contributed by atoms with E-state index >= 15 is 0 Å². The van der Waals surface area contributed by atoms with E-state index in [2.05, 4.69) is 0 Å². The third-order valence-electron chi connectivity index (χ3n) is 2.36. The summed E-state index contributed by atoms with van der Waals surface area (Å²) in [4.78, 5) is 22.8. The average Bonchev–Trinajstić information content (AvgIpc) is 2.30. The summed E-state index contributed by atoms with van der Waals surface area (Å²) in [6.07, 6.45) is 1.11. The maximum Gasteiger partial charge on any atom is 0.335 e. The highest BCUT2D eigenvalue weighted by Gasteiger charge is 2.09. The number of nitrogens with zero attached hydrogens (tertiary/aromatic N) is 2. The van der Waals surface area contributed by atoms with Crippen molar-refractivity contribution in [2.24, 2.45) is 7.05 Å². The maximum atomic E-state index is 13.5. The minimum atomic E-state index is -0.743. The fourth-order valence-electron chi connectivity index (χ4n) is 1.42. The van der Waals surface area contributed by atoms with Gasteiger partial charge in [0.25, 0.3) is 5.56 Å². The molecule has 0 aliphatic carbocycles. The summed E-state index contributed by atoms with van der Waals surface area (Å²) in [6.45, 7) is 0. The van der Waals surface area contributed by atoms with E-state index < -0.39 is 22.9 Å². The predicted octanol–water partition coefficient (Wildman–Crippen LogP) is 0.814. The third kappa shape index (κ3) is 1.89. The van der Waals surface area contributed by atoms with Crippen LogP contribution in [0.2, 0.25) is 0 Å². The van der Waals surface area contributed by atoms with E-state index in [-0.39, 0.29) is 5.69 Å². The number of benzene rings is 1. The van der Waals surface area contributed by atoms with Gasteiger partial charge in [-0.2, -0.15) is 0 Å². The van der Waals surface area contributed by atoms with E-state index in [0.717, 1.165) is 39.6 Å². The molecule has 1 aromatic carbocycles. The van der Waals surface area contributed by atoms with Crippen LogP contribution in [0.4, 0.5) is 8.78 Å². The Labute approximate surface area is 94.4 Å². The van der Waals surface area contributed by atoms with Crippen LogP contribution in [-0.4, -0.2) is 9.13 Å². The molecule has 2 rings (SSSR count). The van der Waals surface area contributed by atoms with Crippen molar-refractivity contribution in [2.75, 3.05) is 0 Å². The van der Waals surface area contributed by atoms with Crippen molar-refractivity contribution in [3.05, 3.63) is 62.9 Å². The van der Waals surface area contributed by atoms with E-state index in [1.807, 2.05) is 0 Å². The van der Waals surface area contributed by atoms with Crippen LogP contribution < -0.4 is 11.2 Å². The summed E-state index contributed by atoms with van der Waals surface area (Å²) >= 11 is 0. The molecule has 2 aromatic rings. The highest BCUT2D eigenvalue weighted by atomic mass is 19.1. The van der Waals surface area contributed by atoms with Crippen molar-refractivity contribution in [1.29, 1.82) is 0 Å². The molecule has 0 aliphatic rings. The van der Waals surface area contributed by atoms with Crippen LogP contribution in [0, 0.1) is 11.6 Å². The van der Waals surface area contributed by atoms with Crippen molar-refractivity contribution in [2.45, 2.75) is 0 Å². The second-order valence-electron chi connectivity index (χ2n) is 3.46. The van der Waals surface area contributed by atoms with Gasteiger partial charge < -0.3 is 0 Å². The van der Waals surface area contributed by atoms with E-state index in [9.17, 15) is 18.4 Å². The molecule has 17 heavy (non-hydrogen) atoms. The number of hydrogen-bond donors (Lipinski definition) is 0. The molecule has 0 radical (unpaired) electrons. The van der Waals surface area contributed by atoms with Crippen LogP contribution >= 0.6 is 0 Å². The Balaban J connectivity index is 2.78. The molecule has 88 valence electrons. The molecule has 0 amide bonds. The van der Waals surface area contributed by atoms with Crippen LogP contribution in [-0.2, 0) is 7.05 Å². The first-order valence-electron chi connectivity index (χ1n) is 4.75. The molecule has 0 atom stereocenters. The molecule has 0 spiro atoms. The number of hydrogen-bond acceptors (Lipinski definition) is 2. The summed E-state index contributed by atoms with van der Waals surface area (Å²) < 4.78 is 28.1. The summed E-state index contributed by atoms with van der Waals surface area (Å²) in [5.41, 5.74) is -1.48. The molecule has 6 heteroatoms. The number of halogens is 2. The van der Waals surface area contributed by atoms with Gasteiger partial charge in [-0.05, 0) is 12.1 Å². The van der Waals surface area contributed by atoms with Crippen LogP contribution in [0.15, 0.2) is 40.1 Å². The van der Waals surface area contributed by atoms with Gasteiger partial charge in [0.15, 0.2) is 0 Å². The second kappa shape index (κ2) is 3.97. The number of rotatable bonds is 1.